The summed E-state index contributed by atoms with van der Waals surface area (Å²) in [6.45, 7) is 0. The number of halogens is 4. The number of alkyl halides is 4. The number of rotatable bonds is 3. The molecule has 156 valence electrons. The summed E-state index contributed by atoms with van der Waals surface area (Å²) in [7, 11) is 1.24. The Balaban J connectivity index is 1.71. The predicted molar refractivity (Wildman–Crippen MR) is 95.8 cm³/mol. The van der Waals surface area contributed by atoms with Gasteiger partial charge in [0.1, 0.15) is 24.4 Å². The largest absolute Gasteiger partial charge is 0.440 e. The van der Waals surface area contributed by atoms with Gasteiger partial charge in [-0.2, -0.15) is 0 Å². The molecule has 0 aromatic heterocycles. The van der Waals surface area contributed by atoms with Gasteiger partial charge in [-0.25, -0.2) is 9.18 Å². The molecule has 3 fully saturated rings. The summed E-state index contributed by atoms with van der Waals surface area (Å²) < 4.78 is 34.3. The molecule has 0 bridgehead atoms. The van der Waals surface area contributed by atoms with Crippen molar-refractivity contribution in [1.29, 1.82) is 0 Å². The van der Waals surface area contributed by atoms with Crippen molar-refractivity contribution in [3.05, 3.63) is 0 Å². The molecule has 7 nitrogen and oxygen atoms in total. The van der Waals surface area contributed by atoms with Gasteiger partial charge < -0.3 is 29.4 Å². The maximum atomic E-state index is 14.9. The van der Waals surface area contributed by atoms with Gasteiger partial charge in [0.25, 0.3) is 0 Å². The molecule has 3 rings (SSSR count). The van der Waals surface area contributed by atoms with E-state index >= 15 is 0 Å². The van der Waals surface area contributed by atoms with Gasteiger partial charge in [0.05, 0.1) is 0 Å². The highest BCUT2D eigenvalue weighted by molar-refractivity contribution is 6.67. The van der Waals surface area contributed by atoms with Gasteiger partial charge >= 0.3 is 6.09 Å². The number of carbonyl (C=O) groups excluding carboxylic acids is 1. The van der Waals surface area contributed by atoms with Crippen LogP contribution in [0.15, 0.2) is 0 Å². The Bertz CT molecular complexity index is 533. The lowest BCUT2D eigenvalue weighted by molar-refractivity contribution is -0.181. The zero-order chi connectivity index (χ0) is 19.8. The standard InChI is InChI=1S/C16H23Cl3FNO6/c1-24-10-8(20)11(27-15(23)21-7-5-3-2-4-6-7)13-12(9(10)22)25-14(26-13)16(17,18)19/h7-14,22H,2-6H2,1H3,(H,21,23)/t8-,9+,10-,11-,12-,13+,14?/m1/s1. The second-order valence-electron chi connectivity index (χ2n) is 7.06. The zero-order valence-electron chi connectivity index (χ0n) is 14.7. The highest BCUT2D eigenvalue weighted by atomic mass is 35.6. The van der Waals surface area contributed by atoms with Crippen LogP contribution in [-0.2, 0) is 18.9 Å². The van der Waals surface area contributed by atoms with Crippen molar-refractivity contribution in [2.75, 3.05) is 7.11 Å². The summed E-state index contributed by atoms with van der Waals surface area (Å²) in [4.78, 5) is 12.3. The summed E-state index contributed by atoms with van der Waals surface area (Å²) in [5, 5.41) is 13.1. The molecular weight excluding hydrogens is 428 g/mol. The molecule has 0 radical (unpaired) electrons. The first-order chi connectivity index (χ1) is 12.7. The third kappa shape index (κ3) is 4.74. The lowest BCUT2D eigenvalue weighted by Gasteiger charge is -2.41. The number of methoxy groups -OCH3 is 1. The first kappa shape index (κ1) is 21.6. The number of fused-ring (bicyclic) bond motifs is 1. The van der Waals surface area contributed by atoms with E-state index in [9.17, 15) is 14.3 Å². The van der Waals surface area contributed by atoms with E-state index in [1.165, 1.54) is 7.11 Å². The van der Waals surface area contributed by atoms with E-state index in [2.05, 4.69) is 5.32 Å². The maximum Gasteiger partial charge on any atom is 0.407 e. The summed E-state index contributed by atoms with van der Waals surface area (Å²) in [5.74, 6) is 0. The van der Waals surface area contributed by atoms with Crippen molar-refractivity contribution in [1.82, 2.24) is 5.32 Å². The van der Waals surface area contributed by atoms with Gasteiger partial charge in [0, 0.05) is 13.2 Å². The van der Waals surface area contributed by atoms with Gasteiger partial charge in [-0.05, 0) is 12.8 Å². The lowest BCUT2D eigenvalue weighted by Crippen LogP contribution is -2.63. The number of carbonyl (C=O) groups is 1. The maximum absolute atomic E-state index is 14.9. The molecule has 1 saturated heterocycles. The monoisotopic (exact) mass is 449 g/mol. The second kappa shape index (κ2) is 8.73. The molecule has 1 heterocycles. The molecule has 2 aliphatic carbocycles. The molecular formula is C16H23Cl3FNO6. The van der Waals surface area contributed by atoms with E-state index in [0.29, 0.717) is 0 Å². The highest BCUT2D eigenvalue weighted by Gasteiger charge is 2.61. The number of amides is 1. The molecule has 0 aromatic rings. The molecule has 2 saturated carbocycles. The van der Waals surface area contributed by atoms with Crippen molar-refractivity contribution >= 4 is 40.9 Å². The Morgan fingerprint density at radius 2 is 1.78 bits per heavy atom. The fourth-order valence-corrected chi connectivity index (χ4v) is 4.19. The second-order valence-corrected chi connectivity index (χ2v) is 9.43. The number of aliphatic hydroxyl groups excluding tert-OH is 1. The SMILES string of the molecule is CO[C@H]1[C@H](O)[C@H]2OC(C(Cl)(Cl)Cl)O[C@H]2[C@H](OC(=O)NC2CCCCC2)[C@@H]1F. The van der Waals surface area contributed by atoms with Crippen LogP contribution >= 0.6 is 34.8 Å². The van der Waals surface area contributed by atoms with E-state index in [1.54, 1.807) is 0 Å². The van der Waals surface area contributed by atoms with Crippen LogP contribution in [0.3, 0.4) is 0 Å². The number of aliphatic hydroxyl groups is 1. The highest BCUT2D eigenvalue weighted by Crippen LogP contribution is 2.43. The Hall–Kier alpha value is -0.0900. The number of ether oxygens (including phenoxy) is 4. The molecule has 0 spiro atoms. The Morgan fingerprint density at radius 1 is 1.15 bits per heavy atom. The lowest BCUT2D eigenvalue weighted by atomic mass is 9.85. The van der Waals surface area contributed by atoms with Crippen LogP contribution in [0, 0.1) is 0 Å². The quantitative estimate of drug-likeness (QED) is 0.643. The molecule has 0 aromatic carbocycles. The van der Waals surface area contributed by atoms with Crippen LogP contribution in [0.4, 0.5) is 9.18 Å². The number of alkyl carbamates (subject to hydrolysis) is 1. The van der Waals surface area contributed by atoms with Crippen LogP contribution in [0.2, 0.25) is 0 Å². The first-order valence-corrected chi connectivity index (χ1v) is 10.1. The van der Waals surface area contributed by atoms with Crippen LogP contribution in [0.1, 0.15) is 32.1 Å². The van der Waals surface area contributed by atoms with Gasteiger partial charge in [-0.3, -0.25) is 0 Å². The van der Waals surface area contributed by atoms with Crippen molar-refractivity contribution < 1.29 is 33.2 Å². The summed E-state index contributed by atoms with van der Waals surface area (Å²) in [5.41, 5.74) is 0. The predicted octanol–water partition coefficient (Wildman–Crippen LogP) is 2.62. The van der Waals surface area contributed by atoms with Gasteiger partial charge in [0.15, 0.2) is 12.3 Å². The van der Waals surface area contributed by atoms with Crippen molar-refractivity contribution in [2.24, 2.45) is 0 Å². The molecule has 3 aliphatic rings. The van der Waals surface area contributed by atoms with Crippen LogP contribution in [0.25, 0.3) is 0 Å². The molecule has 1 unspecified atom stereocenters. The van der Waals surface area contributed by atoms with Gasteiger partial charge in [-0.1, -0.05) is 54.1 Å². The average Bonchev–Trinajstić information content (AvgIpc) is 3.06. The van der Waals surface area contributed by atoms with Crippen LogP contribution in [-0.4, -0.2) is 71.1 Å². The van der Waals surface area contributed by atoms with Crippen molar-refractivity contribution in [3.63, 3.8) is 0 Å². The summed E-state index contributed by atoms with van der Waals surface area (Å²) >= 11 is 17.4. The van der Waals surface area contributed by atoms with E-state index in [-0.39, 0.29) is 6.04 Å². The molecule has 11 heteroatoms. The smallest absolute Gasteiger partial charge is 0.407 e. The molecule has 1 aliphatic heterocycles. The molecule has 7 atom stereocenters. The topological polar surface area (TPSA) is 86.2 Å². The third-order valence-corrected chi connectivity index (χ3v) is 5.75. The van der Waals surface area contributed by atoms with Gasteiger partial charge in [0.2, 0.25) is 10.1 Å². The van der Waals surface area contributed by atoms with E-state index in [0.717, 1.165) is 32.1 Å². The van der Waals surface area contributed by atoms with E-state index in [1.807, 2.05) is 0 Å². The van der Waals surface area contributed by atoms with Crippen LogP contribution < -0.4 is 5.32 Å². The number of hydrogen-bond acceptors (Lipinski definition) is 6. The van der Waals surface area contributed by atoms with E-state index < -0.39 is 52.9 Å². The Labute approximate surface area is 171 Å². The Kier molecular flexibility index (Phi) is 6.99. The molecule has 2 N–H and O–H groups in total. The minimum atomic E-state index is -1.96. The van der Waals surface area contributed by atoms with Crippen LogP contribution in [0.5, 0.6) is 0 Å². The number of hydrogen-bond donors (Lipinski definition) is 2. The van der Waals surface area contributed by atoms with Crippen molar-refractivity contribution in [2.45, 2.75) is 84.9 Å². The minimum Gasteiger partial charge on any atom is -0.440 e. The van der Waals surface area contributed by atoms with Crippen molar-refractivity contribution in [3.8, 4) is 0 Å². The molecule has 27 heavy (non-hydrogen) atoms. The zero-order valence-corrected chi connectivity index (χ0v) is 16.9. The third-order valence-electron chi connectivity index (χ3n) is 5.22. The number of nitrogens with one attached hydrogen (secondary N) is 1. The Morgan fingerprint density at radius 3 is 2.37 bits per heavy atom. The fourth-order valence-electron chi connectivity index (χ4n) is 3.88. The average molecular weight is 451 g/mol. The summed E-state index contributed by atoms with van der Waals surface area (Å²) in [6, 6.07) is -0.0119. The first-order valence-electron chi connectivity index (χ1n) is 8.92. The summed E-state index contributed by atoms with van der Waals surface area (Å²) in [6.07, 6.45) is -5.36. The molecule has 1 amide bonds. The van der Waals surface area contributed by atoms with Gasteiger partial charge in [-0.15, -0.1) is 0 Å². The minimum absolute atomic E-state index is 0.0119. The fraction of sp³-hybridized carbons (Fsp3) is 0.938. The van der Waals surface area contributed by atoms with E-state index in [4.69, 9.17) is 53.8 Å². The normalized spacial score (nSPS) is 40.4.